The Balaban J connectivity index is 2.79. The molecule has 0 aromatic heterocycles. The summed E-state index contributed by atoms with van der Waals surface area (Å²) in [6.07, 6.45) is 0. The van der Waals surface area contributed by atoms with E-state index in [2.05, 4.69) is 16.7 Å². The predicted octanol–water partition coefficient (Wildman–Crippen LogP) is 2.96. The van der Waals surface area contributed by atoms with Gasteiger partial charge < -0.3 is 10.1 Å². The minimum Gasteiger partial charge on any atom is -0.496 e. The van der Waals surface area contributed by atoms with Gasteiger partial charge in [-0.3, -0.25) is 10.1 Å². The maximum atomic E-state index is 12.1. The van der Waals surface area contributed by atoms with Crippen LogP contribution in [0.2, 0.25) is 0 Å². The number of carbonyl (C=O) groups is 1. The molecular weight excluding hydrogens is 264 g/mol. The monoisotopic (exact) mass is 292 g/mol. The van der Waals surface area contributed by atoms with E-state index in [-0.39, 0.29) is 23.5 Å². The number of hydrogen-bond donors (Lipinski definition) is 2. The van der Waals surface area contributed by atoms with Crippen molar-refractivity contribution in [1.82, 2.24) is 10.6 Å². The van der Waals surface area contributed by atoms with Crippen molar-refractivity contribution >= 4 is 5.91 Å². The Hall–Kier alpha value is -1.55. The van der Waals surface area contributed by atoms with E-state index in [9.17, 15) is 4.79 Å². The van der Waals surface area contributed by atoms with Crippen molar-refractivity contribution in [1.29, 1.82) is 0 Å². The van der Waals surface area contributed by atoms with Crippen molar-refractivity contribution in [2.45, 2.75) is 59.2 Å². The molecule has 4 heteroatoms. The molecule has 2 atom stereocenters. The van der Waals surface area contributed by atoms with Crippen LogP contribution in [0, 0.1) is 6.92 Å². The summed E-state index contributed by atoms with van der Waals surface area (Å²) in [7, 11) is 1.66. The van der Waals surface area contributed by atoms with Gasteiger partial charge in [0.1, 0.15) is 5.75 Å². The maximum Gasteiger partial charge on any atom is 0.237 e. The minimum absolute atomic E-state index is 0.000898. The van der Waals surface area contributed by atoms with Crippen LogP contribution in [-0.4, -0.2) is 24.6 Å². The van der Waals surface area contributed by atoms with Gasteiger partial charge in [-0.25, -0.2) is 0 Å². The average Bonchev–Trinajstić information content (AvgIpc) is 2.36. The lowest BCUT2D eigenvalue weighted by molar-refractivity contribution is -0.124. The Labute approximate surface area is 128 Å². The molecule has 0 radical (unpaired) electrons. The lowest BCUT2D eigenvalue weighted by Gasteiger charge is -2.26. The third-order valence-corrected chi connectivity index (χ3v) is 3.24. The molecule has 21 heavy (non-hydrogen) atoms. The highest BCUT2D eigenvalue weighted by Gasteiger charge is 2.22. The largest absolute Gasteiger partial charge is 0.496 e. The van der Waals surface area contributed by atoms with Gasteiger partial charge in [-0.05, 0) is 47.6 Å². The van der Waals surface area contributed by atoms with E-state index in [0.29, 0.717) is 0 Å². The van der Waals surface area contributed by atoms with E-state index in [0.717, 1.165) is 11.3 Å². The molecule has 0 saturated heterocycles. The third-order valence-electron chi connectivity index (χ3n) is 3.24. The summed E-state index contributed by atoms with van der Waals surface area (Å²) in [5.74, 6) is 0.838. The number of aryl methyl sites for hydroxylation is 1. The summed E-state index contributed by atoms with van der Waals surface area (Å²) in [4.78, 5) is 12.1. The van der Waals surface area contributed by atoms with Crippen molar-refractivity contribution in [3.63, 3.8) is 0 Å². The van der Waals surface area contributed by atoms with Crippen LogP contribution in [0.1, 0.15) is 51.8 Å². The van der Waals surface area contributed by atoms with Gasteiger partial charge in [-0.2, -0.15) is 0 Å². The van der Waals surface area contributed by atoms with Gasteiger partial charge >= 0.3 is 0 Å². The van der Waals surface area contributed by atoms with Gasteiger partial charge in [-0.15, -0.1) is 0 Å². The molecule has 118 valence electrons. The molecule has 1 aromatic carbocycles. The first kappa shape index (κ1) is 17.5. The molecule has 0 aliphatic heterocycles. The predicted molar refractivity (Wildman–Crippen MR) is 86.6 cm³/mol. The van der Waals surface area contributed by atoms with E-state index >= 15 is 0 Å². The first-order chi connectivity index (χ1) is 9.64. The van der Waals surface area contributed by atoms with E-state index in [1.54, 1.807) is 7.11 Å². The molecule has 1 rings (SSSR count). The highest BCUT2D eigenvalue weighted by molar-refractivity contribution is 5.82. The van der Waals surface area contributed by atoms with Gasteiger partial charge in [0.25, 0.3) is 0 Å². The fraction of sp³-hybridized carbons (Fsp3) is 0.588. The second-order valence-electron chi connectivity index (χ2n) is 6.59. The number of benzene rings is 1. The summed E-state index contributed by atoms with van der Waals surface area (Å²) in [6.45, 7) is 11.9. The zero-order chi connectivity index (χ0) is 16.2. The molecule has 0 spiro atoms. The van der Waals surface area contributed by atoms with Gasteiger partial charge in [0, 0.05) is 17.1 Å². The molecule has 4 nitrogen and oxygen atoms in total. The van der Waals surface area contributed by atoms with Crippen molar-refractivity contribution in [2.75, 3.05) is 7.11 Å². The number of amides is 1. The Morgan fingerprint density at radius 2 is 1.86 bits per heavy atom. The number of nitrogens with one attached hydrogen (secondary N) is 2. The van der Waals surface area contributed by atoms with E-state index in [1.807, 2.05) is 53.7 Å². The van der Waals surface area contributed by atoms with Gasteiger partial charge in [-0.1, -0.05) is 17.7 Å². The van der Waals surface area contributed by atoms with Crippen LogP contribution in [0.3, 0.4) is 0 Å². The molecule has 1 aromatic rings. The standard InChI is InChI=1S/C17H28N2O2/c1-11-8-9-15(21-7)14(10-11)12(2)18-13(3)16(20)19-17(4,5)6/h8-10,12-13,18H,1-7H3,(H,19,20)/t12-,13+/m0/s1. The molecule has 1 amide bonds. The van der Waals surface area contributed by atoms with Crippen LogP contribution >= 0.6 is 0 Å². The van der Waals surface area contributed by atoms with Crippen LogP contribution < -0.4 is 15.4 Å². The fourth-order valence-corrected chi connectivity index (χ4v) is 2.21. The molecule has 0 saturated carbocycles. The molecule has 2 N–H and O–H groups in total. The maximum absolute atomic E-state index is 12.1. The fourth-order valence-electron chi connectivity index (χ4n) is 2.21. The molecular formula is C17H28N2O2. The molecule has 0 unspecified atom stereocenters. The van der Waals surface area contributed by atoms with Crippen LogP contribution in [0.5, 0.6) is 5.75 Å². The lowest BCUT2D eigenvalue weighted by Crippen LogP contribution is -2.50. The second kappa shape index (κ2) is 6.94. The number of ether oxygens (including phenoxy) is 1. The van der Waals surface area contributed by atoms with Crippen LogP contribution in [0.25, 0.3) is 0 Å². The molecule has 0 fully saturated rings. The van der Waals surface area contributed by atoms with Gasteiger partial charge in [0.15, 0.2) is 0 Å². The summed E-state index contributed by atoms with van der Waals surface area (Å²) >= 11 is 0. The van der Waals surface area contributed by atoms with Crippen molar-refractivity contribution in [2.24, 2.45) is 0 Å². The Morgan fingerprint density at radius 1 is 1.24 bits per heavy atom. The third kappa shape index (κ3) is 5.38. The second-order valence-corrected chi connectivity index (χ2v) is 6.59. The summed E-state index contributed by atoms with van der Waals surface area (Å²) < 4.78 is 5.40. The number of rotatable bonds is 5. The highest BCUT2D eigenvalue weighted by atomic mass is 16.5. The minimum atomic E-state index is -0.274. The average molecular weight is 292 g/mol. The summed E-state index contributed by atoms with van der Waals surface area (Å²) in [5.41, 5.74) is 2.01. The number of hydrogen-bond acceptors (Lipinski definition) is 3. The van der Waals surface area contributed by atoms with Crippen LogP contribution in [0.4, 0.5) is 0 Å². The van der Waals surface area contributed by atoms with Gasteiger partial charge in [0.05, 0.1) is 13.2 Å². The highest BCUT2D eigenvalue weighted by Crippen LogP contribution is 2.26. The molecule has 0 bridgehead atoms. The first-order valence-corrected chi connectivity index (χ1v) is 7.36. The molecule has 0 aliphatic carbocycles. The first-order valence-electron chi connectivity index (χ1n) is 7.36. The van der Waals surface area contributed by atoms with Crippen LogP contribution in [0.15, 0.2) is 18.2 Å². The molecule has 0 heterocycles. The van der Waals surface area contributed by atoms with Crippen LogP contribution in [-0.2, 0) is 4.79 Å². The Bertz CT molecular complexity index is 492. The SMILES string of the molecule is COc1ccc(C)cc1[C@H](C)N[C@H](C)C(=O)NC(C)(C)C. The quantitative estimate of drug-likeness (QED) is 0.877. The number of methoxy groups -OCH3 is 1. The summed E-state index contributed by atoms with van der Waals surface area (Å²) in [6, 6.07) is 5.82. The lowest BCUT2D eigenvalue weighted by atomic mass is 10.0. The topological polar surface area (TPSA) is 50.4 Å². The smallest absolute Gasteiger partial charge is 0.237 e. The molecule has 0 aliphatic rings. The normalized spacial score (nSPS) is 14.4. The number of carbonyl (C=O) groups excluding carboxylic acids is 1. The summed E-state index contributed by atoms with van der Waals surface area (Å²) in [5, 5.41) is 6.31. The van der Waals surface area contributed by atoms with E-state index in [1.165, 1.54) is 5.56 Å². The van der Waals surface area contributed by atoms with Crippen molar-refractivity contribution < 1.29 is 9.53 Å². The zero-order valence-corrected chi connectivity index (χ0v) is 14.2. The van der Waals surface area contributed by atoms with Crippen molar-refractivity contribution in [3.05, 3.63) is 29.3 Å². The van der Waals surface area contributed by atoms with Crippen molar-refractivity contribution in [3.8, 4) is 5.75 Å². The Kier molecular flexibility index (Phi) is 5.78. The van der Waals surface area contributed by atoms with E-state index < -0.39 is 0 Å². The van der Waals surface area contributed by atoms with E-state index in [4.69, 9.17) is 4.74 Å². The van der Waals surface area contributed by atoms with Gasteiger partial charge in [0.2, 0.25) is 5.91 Å². The Morgan fingerprint density at radius 3 is 2.38 bits per heavy atom. The zero-order valence-electron chi connectivity index (χ0n) is 14.2.